The molecule has 0 fully saturated rings. The smallest absolute Gasteiger partial charge is 0.269 e. The number of nitro groups is 1. The lowest BCUT2D eigenvalue weighted by Crippen LogP contribution is -2.16. The summed E-state index contributed by atoms with van der Waals surface area (Å²) in [6, 6.07) is 15.4. The number of sulfonamides is 1. The van der Waals surface area contributed by atoms with Crippen molar-refractivity contribution >= 4 is 33.0 Å². The first-order valence-electron chi connectivity index (χ1n) is 8.19. The Bertz CT molecular complexity index is 1180. The van der Waals surface area contributed by atoms with Crippen LogP contribution in [0.4, 0.5) is 21.5 Å². The molecular formula is C19H14FN3O5S. The average Bonchev–Trinajstić information content (AvgIpc) is 2.68. The van der Waals surface area contributed by atoms with Gasteiger partial charge >= 0.3 is 0 Å². The van der Waals surface area contributed by atoms with Gasteiger partial charge in [-0.05, 0) is 48.5 Å². The normalized spacial score (nSPS) is 10.9. The van der Waals surface area contributed by atoms with Crippen LogP contribution in [0.5, 0.6) is 0 Å². The number of nitrogens with one attached hydrogen (secondary N) is 2. The predicted molar refractivity (Wildman–Crippen MR) is 105 cm³/mol. The highest BCUT2D eigenvalue weighted by Gasteiger charge is 2.17. The molecule has 0 spiro atoms. The molecule has 0 aliphatic heterocycles. The zero-order valence-electron chi connectivity index (χ0n) is 14.7. The van der Waals surface area contributed by atoms with E-state index in [0.717, 1.165) is 6.07 Å². The summed E-state index contributed by atoms with van der Waals surface area (Å²) in [6.07, 6.45) is 0. The number of non-ortho nitro benzene ring substituents is 1. The maximum Gasteiger partial charge on any atom is 0.269 e. The predicted octanol–water partition coefficient (Wildman–Crippen LogP) is 3.79. The van der Waals surface area contributed by atoms with Gasteiger partial charge in [-0.2, -0.15) is 0 Å². The minimum absolute atomic E-state index is 0.0470. The van der Waals surface area contributed by atoms with E-state index in [2.05, 4.69) is 10.0 Å². The molecule has 0 atom stereocenters. The SMILES string of the molecule is O=C(Nc1ccc([N+](=O)[O-])cc1)c1cccc(S(=O)(=O)Nc2cccc(F)c2)c1. The molecule has 8 nitrogen and oxygen atoms in total. The van der Waals surface area contributed by atoms with E-state index in [9.17, 15) is 27.7 Å². The Labute approximate surface area is 165 Å². The van der Waals surface area contributed by atoms with E-state index in [0.29, 0.717) is 5.69 Å². The second-order valence-corrected chi connectivity index (χ2v) is 7.58. The zero-order chi connectivity index (χ0) is 21.0. The molecule has 3 aromatic rings. The maximum absolute atomic E-state index is 13.3. The molecule has 3 rings (SSSR count). The standard InChI is InChI=1S/C19H14FN3O5S/c20-14-4-2-5-16(12-14)22-29(27,28)18-6-1-3-13(11-18)19(24)21-15-7-9-17(10-8-15)23(25)26/h1-12,22H,(H,21,24). The number of carbonyl (C=O) groups excluding carboxylic acids is 1. The van der Waals surface area contributed by atoms with Gasteiger partial charge in [0.15, 0.2) is 0 Å². The van der Waals surface area contributed by atoms with Crippen LogP contribution in [0.1, 0.15) is 10.4 Å². The summed E-state index contributed by atoms with van der Waals surface area (Å²) in [5.41, 5.74) is 0.294. The molecular weight excluding hydrogens is 401 g/mol. The Hall–Kier alpha value is -3.79. The van der Waals surface area contributed by atoms with Gasteiger partial charge in [0.25, 0.3) is 21.6 Å². The number of carbonyl (C=O) groups is 1. The third-order valence-corrected chi connectivity index (χ3v) is 5.20. The monoisotopic (exact) mass is 415 g/mol. The van der Waals surface area contributed by atoms with Gasteiger partial charge in [-0.3, -0.25) is 19.6 Å². The Balaban J connectivity index is 1.79. The molecule has 0 unspecified atom stereocenters. The summed E-state index contributed by atoms with van der Waals surface area (Å²) < 4.78 is 40.5. The number of amides is 1. The highest BCUT2D eigenvalue weighted by atomic mass is 32.2. The van der Waals surface area contributed by atoms with Gasteiger partial charge in [0.1, 0.15) is 5.82 Å². The fourth-order valence-electron chi connectivity index (χ4n) is 2.44. The first-order chi connectivity index (χ1) is 13.7. The van der Waals surface area contributed by atoms with Crippen LogP contribution in [0.15, 0.2) is 77.7 Å². The molecule has 0 aliphatic rings. The van der Waals surface area contributed by atoms with Gasteiger partial charge in [-0.15, -0.1) is 0 Å². The second-order valence-electron chi connectivity index (χ2n) is 5.90. The summed E-state index contributed by atoms with van der Waals surface area (Å²) >= 11 is 0. The van der Waals surface area contributed by atoms with Gasteiger partial charge in [-0.1, -0.05) is 12.1 Å². The number of benzene rings is 3. The van der Waals surface area contributed by atoms with E-state index >= 15 is 0 Å². The fraction of sp³-hybridized carbons (Fsp3) is 0. The fourth-order valence-corrected chi connectivity index (χ4v) is 3.54. The summed E-state index contributed by atoms with van der Waals surface area (Å²) in [5, 5.41) is 13.2. The van der Waals surface area contributed by atoms with Crippen molar-refractivity contribution in [3.8, 4) is 0 Å². The van der Waals surface area contributed by atoms with Gasteiger partial charge in [-0.25, -0.2) is 12.8 Å². The molecule has 3 aromatic carbocycles. The summed E-state index contributed by atoms with van der Waals surface area (Å²) in [4.78, 5) is 22.3. The van der Waals surface area contributed by atoms with Crippen LogP contribution in [0, 0.1) is 15.9 Å². The van der Waals surface area contributed by atoms with Crippen molar-refractivity contribution in [3.05, 3.63) is 94.3 Å². The van der Waals surface area contributed by atoms with Crippen LogP contribution in [0.25, 0.3) is 0 Å². The lowest BCUT2D eigenvalue weighted by molar-refractivity contribution is -0.384. The summed E-state index contributed by atoms with van der Waals surface area (Å²) in [5.74, 6) is -1.19. The first kappa shape index (κ1) is 20.0. The number of hydrogen-bond donors (Lipinski definition) is 2. The molecule has 0 saturated heterocycles. The highest BCUT2D eigenvalue weighted by Crippen LogP contribution is 2.20. The van der Waals surface area contributed by atoms with Gasteiger partial charge < -0.3 is 5.32 Å². The van der Waals surface area contributed by atoms with E-state index in [1.54, 1.807) is 0 Å². The van der Waals surface area contributed by atoms with Crippen molar-refractivity contribution in [1.82, 2.24) is 0 Å². The number of nitrogens with zero attached hydrogens (tertiary/aromatic N) is 1. The van der Waals surface area contributed by atoms with E-state index in [-0.39, 0.29) is 21.8 Å². The van der Waals surface area contributed by atoms with Gasteiger partial charge in [0.05, 0.1) is 15.5 Å². The number of hydrogen-bond acceptors (Lipinski definition) is 5. The lowest BCUT2D eigenvalue weighted by atomic mass is 10.2. The maximum atomic E-state index is 13.3. The molecule has 0 radical (unpaired) electrons. The third kappa shape index (κ3) is 4.93. The second kappa shape index (κ2) is 8.07. The number of halogens is 1. The van der Waals surface area contributed by atoms with Gasteiger partial charge in [0.2, 0.25) is 0 Å². The van der Waals surface area contributed by atoms with Crippen molar-refractivity contribution in [3.63, 3.8) is 0 Å². The van der Waals surface area contributed by atoms with Crippen molar-refractivity contribution in [2.24, 2.45) is 0 Å². The molecule has 0 bridgehead atoms. The molecule has 148 valence electrons. The molecule has 0 aromatic heterocycles. The van der Waals surface area contributed by atoms with Crippen LogP contribution in [0.3, 0.4) is 0 Å². The van der Waals surface area contributed by atoms with Crippen LogP contribution < -0.4 is 10.0 Å². The number of nitro benzene ring substituents is 1. The van der Waals surface area contributed by atoms with Crippen molar-refractivity contribution < 1.29 is 22.5 Å². The minimum Gasteiger partial charge on any atom is -0.322 e. The molecule has 0 aliphatic carbocycles. The molecule has 29 heavy (non-hydrogen) atoms. The van der Waals surface area contributed by atoms with Gasteiger partial charge in [0, 0.05) is 23.4 Å². The van der Waals surface area contributed by atoms with Crippen molar-refractivity contribution in [2.75, 3.05) is 10.0 Å². The van der Waals surface area contributed by atoms with Crippen molar-refractivity contribution in [1.29, 1.82) is 0 Å². The topological polar surface area (TPSA) is 118 Å². The quantitative estimate of drug-likeness (QED) is 0.469. The first-order valence-corrected chi connectivity index (χ1v) is 9.67. The third-order valence-electron chi connectivity index (χ3n) is 3.82. The number of rotatable bonds is 6. The van der Waals surface area contributed by atoms with Crippen molar-refractivity contribution in [2.45, 2.75) is 4.90 Å². The molecule has 1 amide bonds. The van der Waals surface area contributed by atoms with E-state index in [1.165, 1.54) is 66.7 Å². The summed E-state index contributed by atoms with van der Waals surface area (Å²) in [7, 11) is -4.05. The Kier molecular flexibility index (Phi) is 5.55. The largest absolute Gasteiger partial charge is 0.322 e. The molecule has 0 saturated carbocycles. The number of anilines is 2. The molecule has 2 N–H and O–H groups in total. The molecule has 10 heteroatoms. The minimum atomic E-state index is -4.05. The zero-order valence-corrected chi connectivity index (χ0v) is 15.5. The van der Waals surface area contributed by atoms with Crippen LogP contribution >= 0.6 is 0 Å². The van der Waals surface area contributed by atoms with Crippen LogP contribution in [-0.4, -0.2) is 19.2 Å². The Morgan fingerprint density at radius 1 is 0.931 bits per heavy atom. The Morgan fingerprint density at radius 2 is 1.62 bits per heavy atom. The average molecular weight is 415 g/mol. The molecule has 0 heterocycles. The van der Waals surface area contributed by atoms with E-state index in [1.807, 2.05) is 0 Å². The Morgan fingerprint density at radius 3 is 2.28 bits per heavy atom. The van der Waals surface area contributed by atoms with E-state index in [4.69, 9.17) is 0 Å². The van der Waals surface area contributed by atoms with E-state index < -0.39 is 26.7 Å². The van der Waals surface area contributed by atoms with Crippen LogP contribution in [0.2, 0.25) is 0 Å². The van der Waals surface area contributed by atoms with Crippen LogP contribution in [-0.2, 0) is 10.0 Å². The summed E-state index contributed by atoms with van der Waals surface area (Å²) in [6.45, 7) is 0. The lowest BCUT2D eigenvalue weighted by Gasteiger charge is -2.10. The highest BCUT2D eigenvalue weighted by molar-refractivity contribution is 7.92.